The zero-order valence-corrected chi connectivity index (χ0v) is 9.89. The molecule has 0 bridgehead atoms. The fourth-order valence-electron chi connectivity index (χ4n) is 2.03. The van der Waals surface area contributed by atoms with Gasteiger partial charge in [-0.05, 0) is 0 Å². The number of nitrogens with zero attached hydrogens (tertiary/aromatic N) is 4. The number of rotatable bonds is 2. The molecule has 1 fully saturated rings. The summed E-state index contributed by atoms with van der Waals surface area (Å²) in [5, 5.41) is 0. The fourth-order valence-corrected chi connectivity index (χ4v) is 2.29. The van der Waals surface area contributed by atoms with Gasteiger partial charge in [-0.1, -0.05) is 0 Å². The Kier molecular flexibility index (Phi) is 2.82. The first kappa shape index (κ1) is 10.7. The first-order valence-electron chi connectivity index (χ1n) is 5.44. The third-order valence-corrected chi connectivity index (χ3v) is 3.24. The highest BCUT2D eigenvalue weighted by Crippen LogP contribution is 2.23. The van der Waals surface area contributed by atoms with Crippen LogP contribution < -0.4 is 4.90 Å². The minimum atomic E-state index is 0.145. The number of anilines is 1. The number of fused-ring (bicyclic) bond motifs is 1. The first-order valence-corrected chi connectivity index (χ1v) is 5.98. The van der Waals surface area contributed by atoms with Crippen molar-refractivity contribution >= 4 is 28.6 Å². The molecule has 90 valence electrons. The number of hydrogen-bond acceptors (Lipinski definition) is 5. The highest BCUT2D eigenvalue weighted by atomic mass is 35.5. The third-order valence-electron chi connectivity index (χ3n) is 2.88. The van der Waals surface area contributed by atoms with Gasteiger partial charge in [0.2, 0.25) is 0 Å². The minimum Gasteiger partial charge on any atom is -0.377 e. The van der Waals surface area contributed by atoms with Crippen LogP contribution in [0, 0.1) is 0 Å². The van der Waals surface area contributed by atoms with Crippen molar-refractivity contribution in [2.24, 2.45) is 0 Å². The van der Waals surface area contributed by atoms with Crippen molar-refractivity contribution in [3.8, 4) is 0 Å². The number of H-pyrrole nitrogens is 1. The summed E-state index contributed by atoms with van der Waals surface area (Å²) in [7, 11) is 0. The standard InChI is InChI=1S/C10H12ClN5O/c11-3-7-4-17-2-1-16(7)10-8-9(13-5-12-8)14-6-15-10/h5-7H,1-4H2,(H,12,13,14,15). The zero-order chi connectivity index (χ0) is 11.7. The number of morpholine rings is 1. The lowest BCUT2D eigenvalue weighted by Gasteiger charge is -2.35. The van der Waals surface area contributed by atoms with E-state index >= 15 is 0 Å². The maximum Gasteiger partial charge on any atom is 0.182 e. The highest BCUT2D eigenvalue weighted by Gasteiger charge is 2.25. The van der Waals surface area contributed by atoms with Gasteiger partial charge in [-0.3, -0.25) is 0 Å². The lowest BCUT2D eigenvalue weighted by Crippen LogP contribution is -2.47. The molecule has 0 radical (unpaired) electrons. The van der Waals surface area contributed by atoms with Crippen molar-refractivity contribution in [3.63, 3.8) is 0 Å². The van der Waals surface area contributed by atoms with Gasteiger partial charge >= 0.3 is 0 Å². The third kappa shape index (κ3) is 1.83. The molecule has 17 heavy (non-hydrogen) atoms. The van der Waals surface area contributed by atoms with E-state index in [9.17, 15) is 0 Å². The Bertz CT molecular complexity index is 516. The van der Waals surface area contributed by atoms with Crippen molar-refractivity contribution in [1.29, 1.82) is 0 Å². The molecule has 1 aliphatic rings. The summed E-state index contributed by atoms with van der Waals surface area (Å²) in [4.78, 5) is 17.8. The van der Waals surface area contributed by atoms with E-state index in [1.165, 1.54) is 6.33 Å². The number of ether oxygens (including phenoxy) is 1. The predicted molar refractivity (Wildman–Crippen MR) is 64.4 cm³/mol. The molecule has 0 saturated carbocycles. The fraction of sp³-hybridized carbons (Fsp3) is 0.500. The summed E-state index contributed by atoms with van der Waals surface area (Å²) in [6, 6.07) is 0.145. The minimum absolute atomic E-state index is 0.145. The number of aromatic amines is 1. The normalized spacial score (nSPS) is 21.0. The second kappa shape index (κ2) is 4.46. The highest BCUT2D eigenvalue weighted by molar-refractivity contribution is 6.18. The van der Waals surface area contributed by atoms with E-state index in [0.29, 0.717) is 24.7 Å². The predicted octanol–water partition coefficient (Wildman–Crippen LogP) is 0.797. The Morgan fingerprint density at radius 3 is 3.29 bits per heavy atom. The van der Waals surface area contributed by atoms with Crippen LogP contribution in [-0.4, -0.2) is 51.6 Å². The Hall–Kier alpha value is -1.40. The molecular weight excluding hydrogens is 242 g/mol. The molecule has 0 spiro atoms. The molecule has 6 nitrogen and oxygen atoms in total. The van der Waals surface area contributed by atoms with Gasteiger partial charge in [0.1, 0.15) is 11.8 Å². The number of nitrogens with one attached hydrogen (secondary N) is 1. The van der Waals surface area contributed by atoms with Gasteiger partial charge in [0, 0.05) is 12.4 Å². The van der Waals surface area contributed by atoms with Gasteiger partial charge < -0.3 is 14.6 Å². The summed E-state index contributed by atoms with van der Waals surface area (Å²) in [6.07, 6.45) is 3.15. The van der Waals surface area contributed by atoms with Crippen LogP contribution in [0.5, 0.6) is 0 Å². The molecule has 1 unspecified atom stereocenters. The smallest absolute Gasteiger partial charge is 0.182 e. The first-order chi connectivity index (χ1) is 8.40. The molecule has 1 N–H and O–H groups in total. The SMILES string of the molecule is ClCC1COCCN1c1ncnc2nc[nH]c12. The van der Waals surface area contributed by atoms with Crippen molar-refractivity contribution in [2.45, 2.75) is 6.04 Å². The van der Waals surface area contributed by atoms with Crippen LogP contribution >= 0.6 is 11.6 Å². The van der Waals surface area contributed by atoms with Crippen LogP contribution in [0.25, 0.3) is 11.2 Å². The lowest BCUT2D eigenvalue weighted by molar-refractivity contribution is 0.0995. The van der Waals surface area contributed by atoms with Crippen LogP contribution in [-0.2, 0) is 4.74 Å². The molecule has 7 heteroatoms. The van der Waals surface area contributed by atoms with Gasteiger partial charge in [0.05, 0.1) is 25.6 Å². The van der Waals surface area contributed by atoms with Crippen molar-refractivity contribution < 1.29 is 4.74 Å². The van der Waals surface area contributed by atoms with Gasteiger partial charge in [-0.25, -0.2) is 15.0 Å². The second-order valence-electron chi connectivity index (χ2n) is 3.87. The van der Waals surface area contributed by atoms with E-state index in [1.807, 2.05) is 0 Å². The number of halogens is 1. The molecule has 0 amide bonds. The molecule has 2 aromatic rings. The average Bonchev–Trinajstić information content (AvgIpc) is 2.86. The molecule has 1 aliphatic heterocycles. The van der Waals surface area contributed by atoms with E-state index in [4.69, 9.17) is 16.3 Å². The summed E-state index contributed by atoms with van der Waals surface area (Å²) < 4.78 is 5.42. The van der Waals surface area contributed by atoms with Gasteiger partial charge in [0.15, 0.2) is 11.5 Å². The van der Waals surface area contributed by atoms with Crippen LogP contribution in [0.1, 0.15) is 0 Å². The van der Waals surface area contributed by atoms with Crippen molar-refractivity contribution in [2.75, 3.05) is 30.5 Å². The second-order valence-corrected chi connectivity index (χ2v) is 4.18. The Balaban J connectivity index is 2.04. The van der Waals surface area contributed by atoms with Gasteiger partial charge in [-0.2, -0.15) is 0 Å². The van der Waals surface area contributed by atoms with Crippen molar-refractivity contribution in [1.82, 2.24) is 19.9 Å². The summed E-state index contributed by atoms with van der Waals surface area (Å²) >= 11 is 5.96. The monoisotopic (exact) mass is 253 g/mol. The topological polar surface area (TPSA) is 66.9 Å². The summed E-state index contributed by atoms with van der Waals surface area (Å²) in [6.45, 7) is 2.10. The molecule has 1 atom stereocenters. The summed E-state index contributed by atoms with van der Waals surface area (Å²) in [5.41, 5.74) is 1.53. The van der Waals surface area contributed by atoms with Crippen molar-refractivity contribution in [3.05, 3.63) is 12.7 Å². The number of alkyl halides is 1. The maximum atomic E-state index is 5.96. The number of aromatic nitrogens is 4. The molecule has 2 aromatic heterocycles. The number of hydrogen-bond donors (Lipinski definition) is 1. The van der Waals surface area contributed by atoms with Gasteiger partial charge in [0.25, 0.3) is 0 Å². The van der Waals surface area contributed by atoms with Crippen LogP contribution in [0.4, 0.5) is 5.82 Å². The molecule has 3 heterocycles. The lowest BCUT2D eigenvalue weighted by atomic mass is 10.2. The maximum absolute atomic E-state index is 5.96. The van der Waals surface area contributed by atoms with E-state index < -0.39 is 0 Å². The molecule has 3 rings (SSSR count). The van der Waals surface area contributed by atoms with E-state index in [2.05, 4.69) is 24.8 Å². The molecule has 0 aromatic carbocycles. The number of imidazole rings is 1. The molecule has 1 saturated heterocycles. The Morgan fingerprint density at radius 1 is 1.47 bits per heavy atom. The largest absolute Gasteiger partial charge is 0.377 e. The van der Waals surface area contributed by atoms with Crippen LogP contribution in [0.2, 0.25) is 0 Å². The van der Waals surface area contributed by atoms with E-state index in [1.54, 1.807) is 6.33 Å². The Morgan fingerprint density at radius 2 is 2.41 bits per heavy atom. The summed E-state index contributed by atoms with van der Waals surface area (Å²) in [5.74, 6) is 1.36. The van der Waals surface area contributed by atoms with Gasteiger partial charge in [-0.15, -0.1) is 11.6 Å². The molecular formula is C10H12ClN5O. The average molecular weight is 254 g/mol. The van der Waals surface area contributed by atoms with Crippen LogP contribution in [0.15, 0.2) is 12.7 Å². The Labute approximate surface area is 103 Å². The quantitative estimate of drug-likeness (QED) is 0.802. The van der Waals surface area contributed by atoms with E-state index in [-0.39, 0.29) is 6.04 Å². The van der Waals surface area contributed by atoms with Crippen LogP contribution in [0.3, 0.4) is 0 Å². The zero-order valence-electron chi connectivity index (χ0n) is 9.14. The molecule has 0 aliphatic carbocycles. The van der Waals surface area contributed by atoms with E-state index in [0.717, 1.165) is 17.9 Å².